The average molecular weight is 236 g/mol. The Labute approximate surface area is 99.0 Å². The molecule has 0 aromatic rings. The van der Waals surface area contributed by atoms with Crippen LogP contribution in [0.1, 0.15) is 13.8 Å². The normalized spacial score (nSPS) is 42.6. The van der Waals surface area contributed by atoms with Gasteiger partial charge in [-0.05, 0) is 13.8 Å². The number of fused-ring (bicyclic) bond motifs is 1. The van der Waals surface area contributed by atoms with Crippen molar-refractivity contribution in [1.29, 1.82) is 0 Å². The lowest BCUT2D eigenvalue weighted by molar-refractivity contribution is -0.313. The van der Waals surface area contributed by atoms with Crippen molar-refractivity contribution in [3.05, 3.63) is 12.2 Å². The van der Waals surface area contributed by atoms with Crippen molar-refractivity contribution in [3.8, 4) is 0 Å². The Kier molecular flexibility index (Phi) is 1.96. The number of carboxylic acid groups (broad SMARTS) is 1. The van der Waals surface area contributed by atoms with Crippen LogP contribution in [0, 0.1) is 11.8 Å². The number of aliphatic carboxylic acids is 1. The first-order chi connectivity index (χ1) is 7.96. The minimum atomic E-state index is -1.19. The summed E-state index contributed by atoms with van der Waals surface area (Å²) < 4.78 is 5.71. The Balaban J connectivity index is 2.01. The molecule has 0 aromatic heterocycles. The van der Waals surface area contributed by atoms with Gasteiger partial charge in [0.15, 0.2) is 0 Å². The van der Waals surface area contributed by atoms with E-state index in [1.807, 2.05) is 19.9 Å². The number of ether oxygens (including phenoxy) is 1. The molecule has 0 N–H and O–H groups in total. The minimum absolute atomic E-state index is 0.0564. The number of rotatable bonds is 2. The van der Waals surface area contributed by atoms with E-state index in [1.165, 1.54) is 0 Å². The van der Waals surface area contributed by atoms with Crippen molar-refractivity contribution in [2.24, 2.45) is 11.8 Å². The summed E-state index contributed by atoms with van der Waals surface area (Å²) >= 11 is 0. The highest BCUT2D eigenvalue weighted by molar-refractivity contribution is 5.90. The molecule has 0 aliphatic carbocycles. The Hall–Kier alpha value is -1.36. The number of carboxylic acids is 1. The lowest BCUT2D eigenvalue weighted by atomic mass is 9.77. The smallest absolute Gasteiger partial charge is 0.230 e. The monoisotopic (exact) mass is 236 g/mol. The van der Waals surface area contributed by atoms with Crippen LogP contribution in [-0.2, 0) is 14.3 Å². The predicted molar refractivity (Wildman–Crippen MR) is 55.6 cm³/mol. The molecule has 1 spiro atoms. The van der Waals surface area contributed by atoms with E-state index in [9.17, 15) is 14.7 Å². The summed E-state index contributed by atoms with van der Waals surface area (Å²) in [4.78, 5) is 25.1. The fourth-order valence-corrected chi connectivity index (χ4v) is 3.23. The maximum Gasteiger partial charge on any atom is 0.230 e. The maximum atomic E-state index is 12.2. The SMILES string of the molecule is CC(C)N1C[C@]23C=C[C@@H](O2)[C@H](C(=O)[O-])[C@@H]3C1=O. The Morgan fingerprint density at radius 2 is 2.35 bits per heavy atom. The van der Waals surface area contributed by atoms with Crippen LogP contribution in [0.25, 0.3) is 0 Å². The van der Waals surface area contributed by atoms with Gasteiger partial charge in [0, 0.05) is 17.9 Å². The highest BCUT2D eigenvalue weighted by Crippen LogP contribution is 2.51. The molecule has 3 rings (SSSR count). The molecular formula is C12H14NO4-. The zero-order valence-corrected chi connectivity index (χ0v) is 9.75. The number of nitrogens with zero attached hydrogens (tertiary/aromatic N) is 1. The van der Waals surface area contributed by atoms with E-state index < -0.39 is 29.5 Å². The topological polar surface area (TPSA) is 69.7 Å². The van der Waals surface area contributed by atoms with Crippen molar-refractivity contribution >= 4 is 11.9 Å². The molecule has 17 heavy (non-hydrogen) atoms. The lowest BCUT2D eigenvalue weighted by Crippen LogP contribution is -2.45. The average Bonchev–Trinajstić information content (AvgIpc) is 2.86. The fraction of sp³-hybridized carbons (Fsp3) is 0.667. The molecular weight excluding hydrogens is 222 g/mol. The maximum absolute atomic E-state index is 12.2. The highest BCUT2D eigenvalue weighted by Gasteiger charge is 2.65. The minimum Gasteiger partial charge on any atom is -0.550 e. The van der Waals surface area contributed by atoms with Gasteiger partial charge < -0.3 is 19.5 Å². The molecule has 4 atom stereocenters. The summed E-state index contributed by atoms with van der Waals surface area (Å²) in [6, 6.07) is 0.0564. The van der Waals surface area contributed by atoms with Gasteiger partial charge in [0.2, 0.25) is 5.91 Å². The van der Waals surface area contributed by atoms with Gasteiger partial charge in [-0.25, -0.2) is 0 Å². The van der Waals surface area contributed by atoms with Gasteiger partial charge >= 0.3 is 0 Å². The fourth-order valence-electron chi connectivity index (χ4n) is 3.23. The number of hydrogen-bond donors (Lipinski definition) is 0. The zero-order valence-electron chi connectivity index (χ0n) is 9.75. The molecule has 0 saturated carbocycles. The summed E-state index contributed by atoms with van der Waals surface area (Å²) in [6.45, 7) is 4.28. The molecule has 2 bridgehead atoms. The van der Waals surface area contributed by atoms with Crippen LogP contribution in [0.2, 0.25) is 0 Å². The third-order valence-corrected chi connectivity index (χ3v) is 4.03. The molecule has 3 aliphatic heterocycles. The first kappa shape index (κ1) is 10.8. The first-order valence-corrected chi connectivity index (χ1v) is 5.85. The predicted octanol–water partition coefficient (Wildman–Crippen LogP) is -1.07. The van der Waals surface area contributed by atoms with Crippen LogP contribution in [0.15, 0.2) is 12.2 Å². The quantitative estimate of drug-likeness (QED) is 0.572. The molecule has 3 aliphatic rings. The number of carbonyl (C=O) groups is 2. The second kappa shape index (κ2) is 3.10. The molecule has 2 fully saturated rings. The largest absolute Gasteiger partial charge is 0.550 e. The standard InChI is InChI=1S/C12H15NO4/c1-6(2)13-5-12-4-3-7(17-12)8(11(15)16)9(12)10(13)14/h3-4,6-9H,5H2,1-2H3,(H,15,16)/p-1/t7-,8+,9-,12+/m1/s1. The van der Waals surface area contributed by atoms with E-state index in [2.05, 4.69) is 0 Å². The molecule has 5 heteroatoms. The lowest BCUT2D eigenvalue weighted by Gasteiger charge is -2.25. The molecule has 0 unspecified atom stereocenters. The van der Waals surface area contributed by atoms with Gasteiger partial charge in [-0.15, -0.1) is 0 Å². The summed E-state index contributed by atoms with van der Waals surface area (Å²) in [5, 5.41) is 11.2. The van der Waals surface area contributed by atoms with E-state index in [1.54, 1.807) is 11.0 Å². The highest BCUT2D eigenvalue weighted by atomic mass is 16.5. The number of hydrogen-bond acceptors (Lipinski definition) is 4. The second-order valence-corrected chi connectivity index (χ2v) is 5.28. The molecule has 5 nitrogen and oxygen atoms in total. The van der Waals surface area contributed by atoms with Gasteiger partial charge in [-0.3, -0.25) is 4.79 Å². The van der Waals surface area contributed by atoms with E-state index in [-0.39, 0.29) is 11.9 Å². The molecule has 1 amide bonds. The summed E-state index contributed by atoms with van der Waals surface area (Å²) in [5.41, 5.74) is -0.725. The van der Waals surface area contributed by atoms with Crippen LogP contribution in [0.4, 0.5) is 0 Å². The van der Waals surface area contributed by atoms with Crippen molar-refractivity contribution in [2.75, 3.05) is 6.54 Å². The van der Waals surface area contributed by atoms with Gasteiger partial charge in [-0.2, -0.15) is 0 Å². The van der Waals surface area contributed by atoms with Gasteiger partial charge in [0.05, 0.1) is 18.6 Å². The summed E-state index contributed by atoms with van der Waals surface area (Å²) in [6.07, 6.45) is 3.10. The third kappa shape index (κ3) is 1.17. The molecule has 0 radical (unpaired) electrons. The van der Waals surface area contributed by atoms with Crippen LogP contribution < -0.4 is 5.11 Å². The van der Waals surface area contributed by atoms with E-state index in [0.29, 0.717) is 6.54 Å². The molecule has 0 aromatic carbocycles. The molecule has 2 saturated heterocycles. The number of carbonyl (C=O) groups excluding carboxylic acids is 2. The molecule has 3 heterocycles. The van der Waals surface area contributed by atoms with E-state index in [4.69, 9.17) is 4.74 Å². The van der Waals surface area contributed by atoms with Gasteiger partial charge in [0.1, 0.15) is 5.60 Å². The Morgan fingerprint density at radius 3 is 2.94 bits per heavy atom. The van der Waals surface area contributed by atoms with Crippen molar-refractivity contribution in [1.82, 2.24) is 4.90 Å². The van der Waals surface area contributed by atoms with Crippen molar-refractivity contribution in [2.45, 2.75) is 31.6 Å². The number of amides is 1. The van der Waals surface area contributed by atoms with Crippen molar-refractivity contribution in [3.63, 3.8) is 0 Å². The Morgan fingerprint density at radius 1 is 1.65 bits per heavy atom. The van der Waals surface area contributed by atoms with Gasteiger partial charge in [0.25, 0.3) is 0 Å². The van der Waals surface area contributed by atoms with E-state index >= 15 is 0 Å². The van der Waals surface area contributed by atoms with Gasteiger partial charge in [-0.1, -0.05) is 12.2 Å². The second-order valence-electron chi connectivity index (χ2n) is 5.28. The zero-order chi connectivity index (χ0) is 12.4. The first-order valence-electron chi connectivity index (χ1n) is 5.85. The van der Waals surface area contributed by atoms with Crippen LogP contribution in [-0.4, -0.2) is 41.1 Å². The Bertz CT molecular complexity index is 430. The summed E-state index contributed by atoms with van der Waals surface area (Å²) in [5.74, 6) is -2.76. The van der Waals surface area contributed by atoms with E-state index in [0.717, 1.165) is 0 Å². The molecule has 92 valence electrons. The number of likely N-dealkylation sites (tertiary alicyclic amines) is 1. The van der Waals surface area contributed by atoms with Crippen molar-refractivity contribution < 1.29 is 19.4 Å². The van der Waals surface area contributed by atoms with Crippen LogP contribution >= 0.6 is 0 Å². The van der Waals surface area contributed by atoms with Crippen LogP contribution in [0.3, 0.4) is 0 Å². The van der Waals surface area contributed by atoms with Crippen LogP contribution in [0.5, 0.6) is 0 Å². The summed E-state index contributed by atoms with van der Waals surface area (Å²) in [7, 11) is 0. The third-order valence-electron chi connectivity index (χ3n) is 4.03.